The van der Waals surface area contributed by atoms with E-state index in [0.29, 0.717) is 11.5 Å². The van der Waals surface area contributed by atoms with Crippen LogP contribution in [0.3, 0.4) is 0 Å². The van der Waals surface area contributed by atoms with Gasteiger partial charge in [0.2, 0.25) is 0 Å². The summed E-state index contributed by atoms with van der Waals surface area (Å²) in [5, 5.41) is 6.90. The minimum atomic E-state index is 0. The molecule has 1 unspecified atom stereocenters. The highest BCUT2D eigenvalue weighted by atomic mass is 127. The summed E-state index contributed by atoms with van der Waals surface area (Å²) in [6.45, 7) is 13.3. The summed E-state index contributed by atoms with van der Waals surface area (Å²) >= 11 is 0. The first kappa shape index (κ1) is 21.0. The molecule has 0 spiro atoms. The van der Waals surface area contributed by atoms with Crippen molar-refractivity contribution in [1.29, 1.82) is 0 Å². The lowest BCUT2D eigenvalue weighted by molar-refractivity contribution is 0.0211. The highest BCUT2D eigenvalue weighted by molar-refractivity contribution is 14.0. The third-order valence-electron chi connectivity index (χ3n) is 5.31. The number of hydrogen-bond donors (Lipinski definition) is 2. The summed E-state index contributed by atoms with van der Waals surface area (Å²) in [6, 6.07) is 0.511. The summed E-state index contributed by atoms with van der Waals surface area (Å²) in [7, 11) is 0. The zero-order chi connectivity index (χ0) is 15.8. The van der Waals surface area contributed by atoms with Crippen molar-refractivity contribution in [3.8, 4) is 0 Å². The predicted molar refractivity (Wildman–Crippen MR) is 108 cm³/mol. The molecular formula is C17H35IN4O. The molecule has 2 N–H and O–H groups in total. The van der Waals surface area contributed by atoms with Crippen LogP contribution in [0.4, 0.5) is 0 Å². The number of guanidine groups is 1. The SMILES string of the molecule is CCNC(=NCC1(CC)CCC1)NCC(C)N1CCOCC1.I. The maximum atomic E-state index is 5.42. The lowest BCUT2D eigenvalue weighted by atomic mass is 9.67. The Morgan fingerprint density at radius 2 is 1.91 bits per heavy atom. The summed E-state index contributed by atoms with van der Waals surface area (Å²) in [4.78, 5) is 7.33. The van der Waals surface area contributed by atoms with Crippen LogP contribution in [0.5, 0.6) is 0 Å². The van der Waals surface area contributed by atoms with Gasteiger partial charge in [-0.15, -0.1) is 24.0 Å². The first-order valence-electron chi connectivity index (χ1n) is 9.03. The van der Waals surface area contributed by atoms with Crippen molar-refractivity contribution >= 4 is 29.9 Å². The Morgan fingerprint density at radius 3 is 2.43 bits per heavy atom. The molecule has 0 amide bonds. The summed E-state index contributed by atoms with van der Waals surface area (Å²) < 4.78 is 5.42. The van der Waals surface area contributed by atoms with E-state index in [1.807, 2.05) is 0 Å². The minimum absolute atomic E-state index is 0. The zero-order valence-electron chi connectivity index (χ0n) is 15.1. The highest BCUT2D eigenvalue weighted by Gasteiger charge is 2.34. The molecule has 2 fully saturated rings. The van der Waals surface area contributed by atoms with Gasteiger partial charge in [0.05, 0.1) is 13.2 Å². The first-order chi connectivity index (χ1) is 10.7. The van der Waals surface area contributed by atoms with Gasteiger partial charge in [0, 0.05) is 38.8 Å². The molecule has 1 saturated carbocycles. The van der Waals surface area contributed by atoms with Crippen molar-refractivity contribution in [2.75, 3.05) is 45.9 Å². The average Bonchev–Trinajstić information content (AvgIpc) is 2.52. The Morgan fingerprint density at radius 1 is 1.22 bits per heavy atom. The van der Waals surface area contributed by atoms with Crippen LogP contribution in [0.1, 0.15) is 46.5 Å². The van der Waals surface area contributed by atoms with Gasteiger partial charge in [0.15, 0.2) is 5.96 Å². The van der Waals surface area contributed by atoms with Crippen LogP contribution in [-0.2, 0) is 4.74 Å². The Kier molecular flexibility index (Phi) is 9.77. The Hall–Kier alpha value is -0.0800. The molecule has 0 bridgehead atoms. The smallest absolute Gasteiger partial charge is 0.191 e. The van der Waals surface area contributed by atoms with E-state index in [4.69, 9.17) is 9.73 Å². The fraction of sp³-hybridized carbons (Fsp3) is 0.941. The van der Waals surface area contributed by atoms with Gasteiger partial charge in [0.25, 0.3) is 0 Å². The number of morpholine rings is 1. The van der Waals surface area contributed by atoms with Crippen LogP contribution in [0.25, 0.3) is 0 Å². The Bertz CT molecular complexity index is 349. The second kappa shape index (κ2) is 10.7. The maximum absolute atomic E-state index is 5.42. The molecule has 1 aliphatic carbocycles. The molecule has 1 aliphatic heterocycles. The third kappa shape index (κ3) is 6.38. The first-order valence-corrected chi connectivity index (χ1v) is 9.03. The van der Waals surface area contributed by atoms with Gasteiger partial charge in [-0.05, 0) is 38.5 Å². The fourth-order valence-electron chi connectivity index (χ4n) is 3.28. The zero-order valence-corrected chi connectivity index (χ0v) is 17.4. The predicted octanol–water partition coefficient (Wildman–Crippen LogP) is 2.46. The standard InChI is InChI=1S/C17H34N4O.HI/c1-4-17(7-6-8-17)14-20-16(18-5-2)19-13-15(3)21-9-11-22-12-10-21;/h15H,4-14H2,1-3H3,(H2,18,19,20);1H. The molecule has 2 rings (SSSR count). The van der Waals surface area contributed by atoms with Gasteiger partial charge in [-0.25, -0.2) is 0 Å². The van der Waals surface area contributed by atoms with E-state index in [-0.39, 0.29) is 24.0 Å². The molecule has 5 nitrogen and oxygen atoms in total. The minimum Gasteiger partial charge on any atom is -0.379 e. The normalized spacial score (nSPS) is 22.7. The molecule has 0 aromatic rings. The molecule has 1 saturated heterocycles. The Balaban J connectivity index is 0.00000264. The number of aliphatic imine (C=N–C) groups is 1. The molecule has 23 heavy (non-hydrogen) atoms. The molecule has 2 aliphatic rings. The number of ether oxygens (including phenoxy) is 1. The van der Waals surface area contributed by atoms with Crippen LogP contribution in [0.15, 0.2) is 4.99 Å². The van der Waals surface area contributed by atoms with Crippen molar-refractivity contribution < 1.29 is 4.74 Å². The maximum Gasteiger partial charge on any atom is 0.191 e. The lowest BCUT2D eigenvalue weighted by Crippen LogP contribution is -2.49. The number of hydrogen-bond acceptors (Lipinski definition) is 3. The largest absolute Gasteiger partial charge is 0.379 e. The molecule has 1 atom stereocenters. The van der Waals surface area contributed by atoms with Crippen molar-refractivity contribution in [1.82, 2.24) is 15.5 Å². The number of nitrogens with one attached hydrogen (secondary N) is 2. The van der Waals surface area contributed by atoms with E-state index < -0.39 is 0 Å². The van der Waals surface area contributed by atoms with Gasteiger partial charge in [-0.2, -0.15) is 0 Å². The van der Waals surface area contributed by atoms with Crippen LogP contribution in [0.2, 0.25) is 0 Å². The number of rotatable bonds is 7. The number of halogens is 1. The molecule has 0 aromatic carbocycles. The van der Waals surface area contributed by atoms with Crippen LogP contribution < -0.4 is 10.6 Å². The molecule has 0 aromatic heterocycles. The van der Waals surface area contributed by atoms with Crippen LogP contribution in [0, 0.1) is 5.41 Å². The fourth-order valence-corrected chi connectivity index (χ4v) is 3.28. The summed E-state index contributed by atoms with van der Waals surface area (Å²) in [5.74, 6) is 0.974. The van der Waals surface area contributed by atoms with Gasteiger partial charge in [-0.1, -0.05) is 13.3 Å². The third-order valence-corrected chi connectivity index (χ3v) is 5.31. The van der Waals surface area contributed by atoms with Crippen LogP contribution >= 0.6 is 24.0 Å². The molecule has 136 valence electrons. The summed E-state index contributed by atoms with van der Waals surface area (Å²) in [5.41, 5.74) is 0.484. The van der Waals surface area contributed by atoms with Crippen molar-refractivity contribution in [3.63, 3.8) is 0 Å². The average molecular weight is 438 g/mol. The molecule has 1 heterocycles. The van der Waals surface area contributed by atoms with Gasteiger partial charge < -0.3 is 15.4 Å². The van der Waals surface area contributed by atoms with E-state index in [2.05, 4.69) is 36.3 Å². The van der Waals surface area contributed by atoms with Gasteiger partial charge >= 0.3 is 0 Å². The lowest BCUT2D eigenvalue weighted by Gasteiger charge is -2.40. The van der Waals surface area contributed by atoms with Gasteiger partial charge in [0.1, 0.15) is 0 Å². The summed E-state index contributed by atoms with van der Waals surface area (Å²) in [6.07, 6.45) is 5.31. The second-order valence-corrected chi connectivity index (χ2v) is 6.78. The van der Waals surface area contributed by atoms with Gasteiger partial charge in [-0.3, -0.25) is 9.89 Å². The monoisotopic (exact) mass is 438 g/mol. The van der Waals surface area contributed by atoms with Crippen molar-refractivity contribution in [2.45, 2.75) is 52.5 Å². The quantitative estimate of drug-likeness (QED) is 0.364. The van der Waals surface area contributed by atoms with Crippen molar-refractivity contribution in [2.24, 2.45) is 10.4 Å². The van der Waals surface area contributed by atoms with E-state index in [1.165, 1.54) is 25.7 Å². The van der Waals surface area contributed by atoms with E-state index >= 15 is 0 Å². The number of nitrogens with zero attached hydrogens (tertiary/aromatic N) is 2. The topological polar surface area (TPSA) is 48.9 Å². The second-order valence-electron chi connectivity index (χ2n) is 6.78. The molecular weight excluding hydrogens is 403 g/mol. The van der Waals surface area contributed by atoms with E-state index in [0.717, 1.165) is 51.9 Å². The molecule has 0 radical (unpaired) electrons. The van der Waals surface area contributed by atoms with Crippen LogP contribution in [-0.4, -0.2) is 62.8 Å². The molecule has 6 heteroatoms. The van der Waals surface area contributed by atoms with E-state index in [1.54, 1.807) is 0 Å². The highest BCUT2D eigenvalue weighted by Crippen LogP contribution is 2.43. The Labute approximate surface area is 159 Å². The van der Waals surface area contributed by atoms with Crippen molar-refractivity contribution in [3.05, 3.63) is 0 Å². The van der Waals surface area contributed by atoms with E-state index in [9.17, 15) is 0 Å².